The van der Waals surface area contributed by atoms with E-state index in [0.29, 0.717) is 24.7 Å². The Labute approximate surface area is 211 Å². The molecule has 0 unspecified atom stereocenters. The number of hydrogen-bond donors (Lipinski definition) is 1. The summed E-state index contributed by atoms with van der Waals surface area (Å²) in [6, 6.07) is 17.9. The second-order valence-corrected chi connectivity index (χ2v) is 9.73. The Bertz CT molecular complexity index is 1380. The maximum Gasteiger partial charge on any atom is 0.416 e. The minimum absolute atomic E-state index is 0.139. The zero-order valence-corrected chi connectivity index (χ0v) is 20.8. The third-order valence-corrected chi connectivity index (χ3v) is 6.90. The maximum atomic E-state index is 14.4. The molecule has 36 heavy (non-hydrogen) atoms. The number of fused-ring (bicyclic) bond motifs is 1. The van der Waals surface area contributed by atoms with E-state index in [4.69, 9.17) is 0 Å². The Kier molecular flexibility index (Phi) is 7.73. The summed E-state index contributed by atoms with van der Waals surface area (Å²) in [5, 5.41) is 3.75. The lowest BCUT2D eigenvalue weighted by molar-refractivity contribution is -0.137. The fraction of sp³-hybridized carbons (Fsp3) is 0.250. The van der Waals surface area contributed by atoms with Crippen LogP contribution in [0.15, 0.2) is 71.6 Å². The lowest BCUT2D eigenvalue weighted by Gasteiger charge is -2.11. The van der Waals surface area contributed by atoms with Crippen LogP contribution in [-0.2, 0) is 25.7 Å². The number of alkyl halides is 3. The molecular formula is C28H26F4N2OS. The number of thioether (sulfide) groups is 1. The van der Waals surface area contributed by atoms with Crippen molar-refractivity contribution in [3.8, 4) is 0 Å². The summed E-state index contributed by atoms with van der Waals surface area (Å²) in [6.45, 7) is 5.04. The fourth-order valence-corrected chi connectivity index (χ4v) is 4.87. The van der Waals surface area contributed by atoms with E-state index < -0.39 is 17.6 Å². The van der Waals surface area contributed by atoms with Crippen molar-refractivity contribution in [1.82, 2.24) is 9.88 Å². The van der Waals surface area contributed by atoms with Gasteiger partial charge in [-0.3, -0.25) is 4.79 Å². The summed E-state index contributed by atoms with van der Waals surface area (Å²) in [7, 11) is 0. The molecule has 1 aromatic heterocycles. The van der Waals surface area contributed by atoms with Crippen molar-refractivity contribution in [2.45, 2.75) is 44.4 Å². The molecule has 0 saturated heterocycles. The van der Waals surface area contributed by atoms with Crippen LogP contribution in [0.4, 0.5) is 17.6 Å². The standard InChI is InChI=1S/C28H26F4N2OS/c1-3-34-23(14-19-7-9-22(16-25(19)29)28(30,31)32)15-21-13-20(8-12-26(21)34)27(35)33-17-18-5-10-24(11-6-18)36-4-2/h5-13,15-16H,3-4,14,17H2,1-2H3,(H,33,35). The van der Waals surface area contributed by atoms with Crippen LogP contribution in [0.2, 0.25) is 0 Å². The number of carbonyl (C=O) groups excluding carboxylic acids is 1. The summed E-state index contributed by atoms with van der Waals surface area (Å²) >= 11 is 1.76. The minimum Gasteiger partial charge on any atom is -0.348 e. The quantitative estimate of drug-likeness (QED) is 0.196. The van der Waals surface area contributed by atoms with Crippen molar-refractivity contribution >= 4 is 28.6 Å². The summed E-state index contributed by atoms with van der Waals surface area (Å²) in [5.41, 5.74) is 2.31. The van der Waals surface area contributed by atoms with Crippen molar-refractivity contribution < 1.29 is 22.4 Å². The van der Waals surface area contributed by atoms with Crippen molar-refractivity contribution in [2.75, 3.05) is 5.75 Å². The molecule has 4 rings (SSSR count). The van der Waals surface area contributed by atoms with Crippen molar-refractivity contribution in [3.63, 3.8) is 0 Å². The van der Waals surface area contributed by atoms with E-state index in [9.17, 15) is 22.4 Å². The number of amides is 1. The van der Waals surface area contributed by atoms with E-state index in [-0.39, 0.29) is 17.9 Å². The largest absolute Gasteiger partial charge is 0.416 e. The molecule has 0 aliphatic carbocycles. The van der Waals surface area contributed by atoms with E-state index >= 15 is 0 Å². The molecule has 0 aliphatic rings. The zero-order chi connectivity index (χ0) is 25.9. The smallest absolute Gasteiger partial charge is 0.348 e. The van der Waals surface area contributed by atoms with Crippen LogP contribution < -0.4 is 5.32 Å². The Balaban J connectivity index is 1.52. The second-order valence-electron chi connectivity index (χ2n) is 8.39. The number of aromatic nitrogens is 1. The number of benzene rings is 3. The van der Waals surface area contributed by atoms with E-state index in [0.717, 1.165) is 34.0 Å². The second kappa shape index (κ2) is 10.8. The van der Waals surface area contributed by atoms with Gasteiger partial charge in [-0.25, -0.2) is 4.39 Å². The molecule has 188 valence electrons. The van der Waals surface area contributed by atoms with Gasteiger partial charge in [0.2, 0.25) is 0 Å². The average molecular weight is 515 g/mol. The van der Waals surface area contributed by atoms with Crippen LogP contribution >= 0.6 is 11.8 Å². The van der Waals surface area contributed by atoms with E-state index in [1.165, 1.54) is 11.0 Å². The number of carbonyl (C=O) groups is 1. The van der Waals surface area contributed by atoms with Crippen molar-refractivity contribution in [2.24, 2.45) is 0 Å². The molecule has 0 aliphatic heterocycles. The van der Waals surface area contributed by atoms with Crippen LogP contribution in [0.5, 0.6) is 0 Å². The van der Waals surface area contributed by atoms with Gasteiger partial charge in [-0.2, -0.15) is 13.2 Å². The van der Waals surface area contributed by atoms with Gasteiger partial charge in [0.1, 0.15) is 5.82 Å². The molecule has 1 heterocycles. The molecule has 0 atom stereocenters. The molecule has 0 spiro atoms. The molecule has 3 aromatic carbocycles. The van der Waals surface area contributed by atoms with Gasteiger partial charge in [-0.1, -0.05) is 25.1 Å². The summed E-state index contributed by atoms with van der Waals surface area (Å²) in [5.74, 6) is -0.0955. The first-order valence-electron chi connectivity index (χ1n) is 11.7. The molecule has 8 heteroatoms. The summed E-state index contributed by atoms with van der Waals surface area (Å²) in [6.07, 6.45) is -4.45. The van der Waals surface area contributed by atoms with E-state index in [1.54, 1.807) is 23.9 Å². The number of nitrogens with zero attached hydrogens (tertiary/aromatic N) is 1. The number of rotatable bonds is 8. The zero-order valence-electron chi connectivity index (χ0n) is 20.0. The van der Waals surface area contributed by atoms with Crippen molar-refractivity contribution in [1.29, 1.82) is 0 Å². The van der Waals surface area contributed by atoms with Gasteiger partial charge in [0.25, 0.3) is 5.91 Å². The molecule has 4 aromatic rings. The van der Waals surface area contributed by atoms with Gasteiger partial charge in [0, 0.05) is 46.6 Å². The molecule has 0 radical (unpaired) electrons. The molecular weight excluding hydrogens is 488 g/mol. The minimum atomic E-state index is -4.59. The number of halogens is 4. The van der Waals surface area contributed by atoms with Gasteiger partial charge >= 0.3 is 6.18 Å². The molecule has 3 nitrogen and oxygen atoms in total. The fourth-order valence-electron chi connectivity index (χ4n) is 4.21. The lowest BCUT2D eigenvalue weighted by Crippen LogP contribution is -2.22. The third kappa shape index (κ3) is 5.75. The van der Waals surface area contributed by atoms with Crippen LogP contribution in [0.1, 0.15) is 46.6 Å². The lowest BCUT2D eigenvalue weighted by atomic mass is 10.1. The molecule has 1 N–H and O–H groups in total. The highest BCUT2D eigenvalue weighted by Gasteiger charge is 2.31. The van der Waals surface area contributed by atoms with Gasteiger partial charge in [0.05, 0.1) is 5.56 Å². The third-order valence-electron chi connectivity index (χ3n) is 6.00. The SMILES string of the molecule is CCSc1ccc(CNC(=O)c2ccc3c(c2)cc(Cc2ccc(C(F)(F)F)cc2F)n3CC)cc1. The normalized spacial score (nSPS) is 11.7. The first-order valence-corrected chi connectivity index (χ1v) is 12.7. The highest BCUT2D eigenvalue weighted by molar-refractivity contribution is 7.99. The molecule has 1 amide bonds. The van der Waals surface area contributed by atoms with Gasteiger partial charge in [0.15, 0.2) is 0 Å². The van der Waals surface area contributed by atoms with Gasteiger partial charge in [-0.15, -0.1) is 11.8 Å². The number of aryl methyl sites for hydroxylation is 1. The average Bonchev–Trinajstić information content (AvgIpc) is 3.20. The topological polar surface area (TPSA) is 34.0 Å². The summed E-state index contributed by atoms with van der Waals surface area (Å²) < 4.78 is 55.1. The maximum absolute atomic E-state index is 14.4. The Morgan fingerprint density at radius 3 is 2.36 bits per heavy atom. The van der Waals surface area contributed by atoms with E-state index in [1.807, 2.05) is 47.9 Å². The van der Waals surface area contributed by atoms with Crippen LogP contribution in [-0.4, -0.2) is 16.2 Å². The predicted molar refractivity (Wildman–Crippen MR) is 136 cm³/mol. The van der Waals surface area contributed by atoms with Gasteiger partial charge in [-0.05, 0) is 72.3 Å². The predicted octanol–water partition coefficient (Wildman–Crippen LogP) is 7.45. The highest BCUT2D eigenvalue weighted by Crippen LogP contribution is 2.31. The van der Waals surface area contributed by atoms with Gasteiger partial charge < -0.3 is 9.88 Å². The Morgan fingerprint density at radius 2 is 1.72 bits per heavy atom. The molecule has 0 bridgehead atoms. The van der Waals surface area contributed by atoms with Crippen LogP contribution in [0, 0.1) is 5.82 Å². The van der Waals surface area contributed by atoms with Crippen molar-refractivity contribution in [3.05, 3.63) is 100 Å². The Morgan fingerprint density at radius 1 is 0.972 bits per heavy atom. The monoisotopic (exact) mass is 514 g/mol. The molecule has 0 saturated carbocycles. The van der Waals surface area contributed by atoms with E-state index in [2.05, 4.69) is 12.2 Å². The number of nitrogens with one attached hydrogen (secondary N) is 1. The number of hydrogen-bond acceptors (Lipinski definition) is 2. The first kappa shape index (κ1) is 25.8. The first-order chi connectivity index (χ1) is 17.2. The highest BCUT2D eigenvalue weighted by atomic mass is 32.2. The molecule has 0 fully saturated rings. The Hall–Kier alpha value is -3.26. The van der Waals surface area contributed by atoms with Crippen LogP contribution in [0.25, 0.3) is 10.9 Å². The summed E-state index contributed by atoms with van der Waals surface area (Å²) in [4.78, 5) is 14.0. The van der Waals surface area contributed by atoms with Crippen LogP contribution in [0.3, 0.4) is 0 Å².